The Hall–Kier alpha value is -1.89. The van der Waals surface area contributed by atoms with Gasteiger partial charge < -0.3 is 16.0 Å². The van der Waals surface area contributed by atoms with Crippen LogP contribution in [0.4, 0.5) is 17.3 Å². The van der Waals surface area contributed by atoms with Crippen molar-refractivity contribution in [3.63, 3.8) is 0 Å². The SMILES string of the molecule is CC1CN(c2ccc([N+](=O)[O-])c(N)n2)CCN1. The molecule has 0 aromatic carbocycles. The number of hydrogen-bond donors (Lipinski definition) is 2. The molecule has 2 heterocycles. The summed E-state index contributed by atoms with van der Waals surface area (Å²) < 4.78 is 0. The van der Waals surface area contributed by atoms with Gasteiger partial charge in [-0.3, -0.25) is 10.1 Å². The van der Waals surface area contributed by atoms with E-state index >= 15 is 0 Å². The summed E-state index contributed by atoms with van der Waals surface area (Å²) in [4.78, 5) is 16.3. The van der Waals surface area contributed by atoms with E-state index in [-0.39, 0.29) is 11.5 Å². The lowest BCUT2D eigenvalue weighted by Gasteiger charge is -2.32. The number of nitrogens with zero attached hydrogens (tertiary/aromatic N) is 3. The van der Waals surface area contributed by atoms with Crippen LogP contribution in [0.1, 0.15) is 6.92 Å². The summed E-state index contributed by atoms with van der Waals surface area (Å²) in [5, 5.41) is 13.9. The number of rotatable bonds is 2. The third-order valence-electron chi connectivity index (χ3n) is 2.78. The van der Waals surface area contributed by atoms with Gasteiger partial charge in [-0.15, -0.1) is 0 Å². The Kier molecular flexibility index (Phi) is 3.10. The van der Waals surface area contributed by atoms with Gasteiger partial charge in [0.1, 0.15) is 5.82 Å². The average Bonchev–Trinajstić information content (AvgIpc) is 2.28. The molecular weight excluding hydrogens is 222 g/mol. The van der Waals surface area contributed by atoms with E-state index in [0.29, 0.717) is 11.9 Å². The van der Waals surface area contributed by atoms with Crippen LogP contribution < -0.4 is 16.0 Å². The van der Waals surface area contributed by atoms with Gasteiger partial charge in [0.05, 0.1) is 4.92 Å². The molecule has 1 atom stereocenters. The molecule has 2 rings (SSSR count). The molecule has 7 heteroatoms. The summed E-state index contributed by atoms with van der Waals surface area (Å²) in [7, 11) is 0. The Morgan fingerprint density at radius 1 is 1.65 bits per heavy atom. The van der Waals surface area contributed by atoms with Gasteiger partial charge in [0.2, 0.25) is 5.82 Å². The Morgan fingerprint density at radius 3 is 3.00 bits per heavy atom. The summed E-state index contributed by atoms with van der Waals surface area (Å²) in [5.74, 6) is 0.667. The maximum atomic E-state index is 10.6. The predicted molar refractivity (Wildman–Crippen MR) is 65.0 cm³/mol. The van der Waals surface area contributed by atoms with E-state index in [1.807, 2.05) is 0 Å². The molecule has 1 aliphatic rings. The van der Waals surface area contributed by atoms with Gasteiger partial charge in [-0.1, -0.05) is 0 Å². The van der Waals surface area contributed by atoms with Crippen LogP contribution in [0, 0.1) is 10.1 Å². The zero-order chi connectivity index (χ0) is 12.4. The van der Waals surface area contributed by atoms with E-state index in [1.165, 1.54) is 6.07 Å². The number of piperazine rings is 1. The lowest BCUT2D eigenvalue weighted by Crippen LogP contribution is -2.49. The van der Waals surface area contributed by atoms with Crippen LogP contribution in [0.5, 0.6) is 0 Å². The molecule has 1 aromatic rings. The van der Waals surface area contributed by atoms with E-state index < -0.39 is 4.92 Å². The number of nitrogen functional groups attached to an aromatic ring is 1. The molecule has 0 saturated carbocycles. The average molecular weight is 237 g/mol. The lowest BCUT2D eigenvalue weighted by molar-refractivity contribution is -0.384. The van der Waals surface area contributed by atoms with E-state index in [4.69, 9.17) is 5.73 Å². The van der Waals surface area contributed by atoms with Crippen LogP contribution in [-0.4, -0.2) is 35.6 Å². The molecule has 3 N–H and O–H groups in total. The van der Waals surface area contributed by atoms with Crippen LogP contribution in [0.15, 0.2) is 12.1 Å². The van der Waals surface area contributed by atoms with Crippen molar-refractivity contribution in [3.8, 4) is 0 Å². The van der Waals surface area contributed by atoms with Crippen LogP contribution in [0.3, 0.4) is 0 Å². The van der Waals surface area contributed by atoms with Crippen molar-refractivity contribution >= 4 is 17.3 Å². The number of nitro groups is 1. The van der Waals surface area contributed by atoms with Crippen molar-refractivity contribution < 1.29 is 4.92 Å². The molecule has 1 aliphatic heterocycles. The van der Waals surface area contributed by atoms with Gasteiger partial charge in [0.15, 0.2) is 0 Å². The number of aromatic nitrogens is 1. The Morgan fingerprint density at radius 2 is 2.41 bits per heavy atom. The van der Waals surface area contributed by atoms with E-state index in [1.54, 1.807) is 6.07 Å². The molecule has 1 unspecified atom stereocenters. The monoisotopic (exact) mass is 237 g/mol. The normalized spacial score (nSPS) is 20.3. The summed E-state index contributed by atoms with van der Waals surface area (Å²) in [6.07, 6.45) is 0. The molecule has 92 valence electrons. The highest BCUT2D eigenvalue weighted by atomic mass is 16.6. The number of pyridine rings is 1. The standard InChI is InChI=1S/C10H15N5O2/c1-7-6-14(5-4-12-7)9-3-2-8(15(16)17)10(11)13-9/h2-3,7,12H,4-6H2,1H3,(H2,11,13). The third kappa shape index (κ3) is 2.44. The fourth-order valence-electron chi connectivity index (χ4n) is 1.93. The molecule has 17 heavy (non-hydrogen) atoms. The second kappa shape index (κ2) is 4.54. The highest BCUT2D eigenvalue weighted by Gasteiger charge is 2.19. The van der Waals surface area contributed by atoms with Crippen molar-refractivity contribution in [2.45, 2.75) is 13.0 Å². The van der Waals surface area contributed by atoms with Crippen molar-refractivity contribution in [1.82, 2.24) is 10.3 Å². The summed E-state index contributed by atoms with van der Waals surface area (Å²) in [5.41, 5.74) is 5.43. The fourth-order valence-corrected chi connectivity index (χ4v) is 1.93. The molecule has 0 amide bonds. The first-order valence-electron chi connectivity index (χ1n) is 5.47. The first-order chi connectivity index (χ1) is 8.08. The van der Waals surface area contributed by atoms with Gasteiger partial charge in [-0.05, 0) is 13.0 Å². The van der Waals surface area contributed by atoms with Gasteiger partial charge in [-0.25, -0.2) is 4.98 Å². The molecule has 7 nitrogen and oxygen atoms in total. The fraction of sp³-hybridized carbons (Fsp3) is 0.500. The summed E-state index contributed by atoms with van der Waals surface area (Å²) in [6, 6.07) is 3.43. The minimum atomic E-state index is -0.521. The minimum absolute atomic E-state index is 0.0290. The maximum Gasteiger partial charge on any atom is 0.311 e. The van der Waals surface area contributed by atoms with Crippen molar-refractivity contribution in [3.05, 3.63) is 22.2 Å². The number of anilines is 2. The Bertz CT molecular complexity index is 437. The van der Waals surface area contributed by atoms with Crippen molar-refractivity contribution in [2.24, 2.45) is 0 Å². The number of nitrogens with one attached hydrogen (secondary N) is 1. The summed E-state index contributed by atoms with van der Waals surface area (Å²) in [6.45, 7) is 4.61. The lowest BCUT2D eigenvalue weighted by atomic mass is 10.2. The summed E-state index contributed by atoms with van der Waals surface area (Å²) >= 11 is 0. The first kappa shape index (κ1) is 11.6. The zero-order valence-electron chi connectivity index (χ0n) is 9.59. The van der Waals surface area contributed by atoms with Crippen LogP contribution in [0.25, 0.3) is 0 Å². The molecule has 0 radical (unpaired) electrons. The largest absolute Gasteiger partial charge is 0.378 e. The molecule has 0 aliphatic carbocycles. The van der Waals surface area contributed by atoms with Crippen LogP contribution in [0.2, 0.25) is 0 Å². The highest BCUT2D eigenvalue weighted by molar-refractivity contribution is 5.58. The molecule has 0 spiro atoms. The van der Waals surface area contributed by atoms with Crippen molar-refractivity contribution in [2.75, 3.05) is 30.3 Å². The molecule has 1 saturated heterocycles. The van der Waals surface area contributed by atoms with Crippen LogP contribution in [-0.2, 0) is 0 Å². The topological polar surface area (TPSA) is 97.3 Å². The van der Waals surface area contributed by atoms with Gasteiger partial charge in [0.25, 0.3) is 0 Å². The quantitative estimate of drug-likeness (QED) is 0.569. The first-order valence-corrected chi connectivity index (χ1v) is 5.47. The Balaban J connectivity index is 2.22. The van der Waals surface area contributed by atoms with E-state index in [0.717, 1.165) is 19.6 Å². The van der Waals surface area contributed by atoms with Gasteiger partial charge in [0, 0.05) is 31.7 Å². The number of nitrogens with two attached hydrogens (primary N) is 1. The zero-order valence-corrected chi connectivity index (χ0v) is 9.59. The van der Waals surface area contributed by atoms with E-state index in [2.05, 4.69) is 22.1 Å². The minimum Gasteiger partial charge on any atom is -0.378 e. The highest BCUT2D eigenvalue weighted by Crippen LogP contribution is 2.23. The molecule has 0 bridgehead atoms. The maximum absolute atomic E-state index is 10.6. The second-order valence-corrected chi connectivity index (χ2v) is 4.13. The molecule has 1 fully saturated rings. The van der Waals surface area contributed by atoms with Crippen LogP contribution >= 0.6 is 0 Å². The van der Waals surface area contributed by atoms with E-state index in [9.17, 15) is 10.1 Å². The Labute approximate surface area is 98.8 Å². The number of hydrogen-bond acceptors (Lipinski definition) is 6. The second-order valence-electron chi connectivity index (χ2n) is 4.13. The molecular formula is C10H15N5O2. The smallest absolute Gasteiger partial charge is 0.311 e. The van der Waals surface area contributed by atoms with Gasteiger partial charge >= 0.3 is 5.69 Å². The predicted octanol–water partition coefficient (Wildman–Crippen LogP) is 0.370. The molecule has 1 aromatic heterocycles. The van der Waals surface area contributed by atoms with Crippen molar-refractivity contribution in [1.29, 1.82) is 0 Å². The van der Waals surface area contributed by atoms with Gasteiger partial charge in [-0.2, -0.15) is 0 Å². The third-order valence-corrected chi connectivity index (χ3v) is 2.78.